The van der Waals surface area contributed by atoms with Gasteiger partial charge in [0, 0.05) is 25.4 Å². The van der Waals surface area contributed by atoms with E-state index >= 15 is 0 Å². The fourth-order valence-corrected chi connectivity index (χ4v) is 2.00. The zero-order valence-corrected chi connectivity index (χ0v) is 9.80. The molecule has 0 saturated heterocycles. The third-order valence-corrected chi connectivity index (χ3v) is 2.97. The van der Waals surface area contributed by atoms with Crippen LogP contribution in [0.15, 0.2) is 12.4 Å². The van der Waals surface area contributed by atoms with Gasteiger partial charge in [-0.3, -0.25) is 4.68 Å². The van der Waals surface area contributed by atoms with E-state index in [2.05, 4.69) is 22.6 Å². The van der Waals surface area contributed by atoms with Crippen molar-refractivity contribution in [1.82, 2.24) is 20.3 Å². The Morgan fingerprint density at radius 2 is 2.38 bits per heavy atom. The van der Waals surface area contributed by atoms with E-state index in [1.54, 1.807) is 6.20 Å². The smallest absolute Gasteiger partial charge is 0.0692 e. The second-order valence-electron chi connectivity index (χ2n) is 4.22. The molecule has 1 heterocycles. The van der Waals surface area contributed by atoms with Crippen LogP contribution in [0.5, 0.6) is 0 Å². The number of hydrogen-bond acceptors (Lipinski definition) is 4. The summed E-state index contributed by atoms with van der Waals surface area (Å²) >= 11 is 0. The molecule has 0 radical (unpaired) electrons. The van der Waals surface area contributed by atoms with Gasteiger partial charge in [0.25, 0.3) is 0 Å². The molecule has 0 aromatic carbocycles. The Morgan fingerprint density at radius 1 is 1.50 bits per heavy atom. The van der Waals surface area contributed by atoms with Crippen LogP contribution in [-0.4, -0.2) is 40.3 Å². The zero-order chi connectivity index (χ0) is 11.2. The Kier molecular flexibility index (Phi) is 4.30. The van der Waals surface area contributed by atoms with Gasteiger partial charge in [-0.1, -0.05) is 5.21 Å². The average molecular weight is 224 g/mol. The van der Waals surface area contributed by atoms with Gasteiger partial charge in [0.15, 0.2) is 0 Å². The number of aryl methyl sites for hydroxylation is 1. The van der Waals surface area contributed by atoms with Crippen LogP contribution in [-0.2, 0) is 11.3 Å². The first kappa shape index (κ1) is 11.5. The SMILES string of the molecule is CCOC1CC(NCCCn2ccnn2)C1. The lowest BCUT2D eigenvalue weighted by atomic mass is 9.89. The molecular weight excluding hydrogens is 204 g/mol. The highest BCUT2D eigenvalue weighted by molar-refractivity contribution is 4.85. The summed E-state index contributed by atoms with van der Waals surface area (Å²) in [5, 5.41) is 11.2. The highest BCUT2D eigenvalue weighted by atomic mass is 16.5. The lowest BCUT2D eigenvalue weighted by Gasteiger charge is -2.35. The van der Waals surface area contributed by atoms with Gasteiger partial charge in [0.1, 0.15) is 0 Å². The molecule has 1 aromatic rings. The quantitative estimate of drug-likeness (QED) is 0.697. The van der Waals surface area contributed by atoms with Crippen molar-refractivity contribution >= 4 is 0 Å². The van der Waals surface area contributed by atoms with Gasteiger partial charge in [-0.2, -0.15) is 0 Å². The molecule has 0 aliphatic heterocycles. The minimum Gasteiger partial charge on any atom is -0.378 e. The maximum absolute atomic E-state index is 5.51. The fraction of sp³-hybridized carbons (Fsp3) is 0.818. The summed E-state index contributed by atoms with van der Waals surface area (Å²) in [6.45, 7) is 4.88. The van der Waals surface area contributed by atoms with Crippen molar-refractivity contribution in [2.75, 3.05) is 13.2 Å². The monoisotopic (exact) mass is 224 g/mol. The number of nitrogens with one attached hydrogen (secondary N) is 1. The number of rotatable bonds is 7. The minimum absolute atomic E-state index is 0.498. The first-order valence-electron chi connectivity index (χ1n) is 6.07. The lowest BCUT2D eigenvalue weighted by molar-refractivity contribution is -0.00979. The largest absolute Gasteiger partial charge is 0.378 e. The van der Waals surface area contributed by atoms with E-state index in [-0.39, 0.29) is 0 Å². The summed E-state index contributed by atoms with van der Waals surface area (Å²) in [7, 11) is 0. The van der Waals surface area contributed by atoms with Crippen LogP contribution >= 0.6 is 0 Å². The van der Waals surface area contributed by atoms with Crippen molar-refractivity contribution < 1.29 is 4.74 Å². The van der Waals surface area contributed by atoms with E-state index in [0.717, 1.165) is 39.0 Å². The first-order chi connectivity index (χ1) is 7.88. The summed E-state index contributed by atoms with van der Waals surface area (Å²) < 4.78 is 7.38. The maximum Gasteiger partial charge on any atom is 0.0692 e. The number of ether oxygens (including phenoxy) is 1. The average Bonchev–Trinajstić information content (AvgIpc) is 2.72. The second-order valence-corrected chi connectivity index (χ2v) is 4.22. The molecular formula is C11H20N4O. The van der Waals surface area contributed by atoms with Crippen molar-refractivity contribution in [3.63, 3.8) is 0 Å². The molecule has 1 saturated carbocycles. The Bertz CT molecular complexity index is 282. The highest BCUT2D eigenvalue weighted by Crippen LogP contribution is 2.22. The molecule has 0 atom stereocenters. The minimum atomic E-state index is 0.498. The van der Waals surface area contributed by atoms with Crippen molar-refractivity contribution in [1.29, 1.82) is 0 Å². The van der Waals surface area contributed by atoms with Crippen LogP contribution in [0.2, 0.25) is 0 Å². The van der Waals surface area contributed by atoms with Gasteiger partial charge < -0.3 is 10.1 Å². The van der Waals surface area contributed by atoms with E-state index in [4.69, 9.17) is 4.74 Å². The zero-order valence-electron chi connectivity index (χ0n) is 9.80. The van der Waals surface area contributed by atoms with E-state index < -0.39 is 0 Å². The molecule has 0 amide bonds. The van der Waals surface area contributed by atoms with Gasteiger partial charge in [-0.15, -0.1) is 5.10 Å². The van der Waals surface area contributed by atoms with Gasteiger partial charge >= 0.3 is 0 Å². The summed E-state index contributed by atoms with van der Waals surface area (Å²) in [5.74, 6) is 0. The Labute approximate surface area is 96.2 Å². The molecule has 0 unspecified atom stereocenters. The summed E-state index contributed by atoms with van der Waals surface area (Å²) in [4.78, 5) is 0. The topological polar surface area (TPSA) is 52.0 Å². The van der Waals surface area contributed by atoms with Crippen LogP contribution in [0, 0.1) is 0 Å². The van der Waals surface area contributed by atoms with E-state index in [0.29, 0.717) is 12.1 Å². The fourth-order valence-electron chi connectivity index (χ4n) is 2.00. The van der Waals surface area contributed by atoms with Crippen LogP contribution in [0.25, 0.3) is 0 Å². The predicted molar refractivity (Wildman–Crippen MR) is 61.1 cm³/mol. The molecule has 5 heteroatoms. The lowest BCUT2D eigenvalue weighted by Crippen LogP contribution is -2.45. The first-order valence-corrected chi connectivity index (χ1v) is 6.07. The Morgan fingerprint density at radius 3 is 3.06 bits per heavy atom. The second kappa shape index (κ2) is 5.96. The molecule has 1 aromatic heterocycles. The molecule has 0 spiro atoms. The van der Waals surface area contributed by atoms with Crippen LogP contribution < -0.4 is 5.32 Å². The molecule has 1 fully saturated rings. The number of hydrogen-bond donors (Lipinski definition) is 1. The van der Waals surface area contributed by atoms with Gasteiger partial charge in [-0.25, -0.2) is 0 Å². The maximum atomic E-state index is 5.51. The third kappa shape index (κ3) is 3.28. The van der Waals surface area contributed by atoms with Gasteiger partial charge in [-0.05, 0) is 32.7 Å². The Hall–Kier alpha value is -0.940. The van der Waals surface area contributed by atoms with E-state index in [9.17, 15) is 0 Å². The summed E-state index contributed by atoms with van der Waals surface area (Å²) in [6, 6.07) is 0.660. The van der Waals surface area contributed by atoms with Crippen molar-refractivity contribution in [2.24, 2.45) is 0 Å². The van der Waals surface area contributed by atoms with Crippen LogP contribution in [0.1, 0.15) is 26.2 Å². The van der Waals surface area contributed by atoms with Crippen molar-refractivity contribution in [3.05, 3.63) is 12.4 Å². The van der Waals surface area contributed by atoms with E-state index in [1.807, 2.05) is 10.9 Å². The third-order valence-electron chi connectivity index (χ3n) is 2.97. The summed E-state index contributed by atoms with van der Waals surface area (Å²) in [6.07, 6.45) is 7.53. The van der Waals surface area contributed by atoms with Gasteiger partial charge in [0.2, 0.25) is 0 Å². The molecule has 5 nitrogen and oxygen atoms in total. The molecule has 90 valence electrons. The number of nitrogens with zero attached hydrogens (tertiary/aromatic N) is 3. The summed E-state index contributed by atoms with van der Waals surface area (Å²) in [5.41, 5.74) is 0. The van der Waals surface area contributed by atoms with Gasteiger partial charge in [0.05, 0.1) is 12.3 Å². The van der Waals surface area contributed by atoms with Crippen LogP contribution in [0.3, 0.4) is 0 Å². The molecule has 1 aliphatic rings. The molecule has 2 rings (SSSR count). The molecule has 1 N–H and O–H groups in total. The van der Waals surface area contributed by atoms with Crippen molar-refractivity contribution in [3.8, 4) is 0 Å². The molecule has 1 aliphatic carbocycles. The van der Waals surface area contributed by atoms with Crippen molar-refractivity contribution in [2.45, 2.75) is 44.9 Å². The highest BCUT2D eigenvalue weighted by Gasteiger charge is 2.28. The van der Waals surface area contributed by atoms with Crippen LogP contribution in [0.4, 0.5) is 0 Å². The van der Waals surface area contributed by atoms with E-state index in [1.165, 1.54) is 0 Å². The molecule has 0 bridgehead atoms. The Balaban J connectivity index is 1.47. The standard InChI is InChI=1S/C11H20N4O/c1-2-16-11-8-10(9-11)12-4-3-6-15-7-5-13-14-15/h5,7,10-12H,2-4,6,8-9H2,1H3. The normalized spacial score (nSPS) is 24.3. The number of aromatic nitrogens is 3. The predicted octanol–water partition coefficient (Wildman–Crippen LogP) is 0.825. The molecule has 16 heavy (non-hydrogen) atoms.